The summed E-state index contributed by atoms with van der Waals surface area (Å²) in [6.07, 6.45) is 0.278. The van der Waals surface area contributed by atoms with Crippen LogP contribution in [-0.4, -0.2) is 50.3 Å². The molecule has 56 heavy (non-hydrogen) atoms. The van der Waals surface area contributed by atoms with Gasteiger partial charge in [-0.3, -0.25) is 14.2 Å². The van der Waals surface area contributed by atoms with Crippen LogP contribution >= 0.6 is 35.1 Å². The second-order valence-corrected chi connectivity index (χ2v) is 16.2. The smallest absolute Gasteiger partial charge is 0.354 e. The highest BCUT2D eigenvalue weighted by Crippen LogP contribution is 2.43. The highest BCUT2D eigenvalue weighted by Gasteiger charge is 2.29. The molecular formula is C43H40ClN5O5S2. The standard InChI is InChI=1S/C43H40ClN5O5S2/c1-25-39-36(46-49(25)21-26-10-12-30(52-4)13-11-26)24-55-22-28-19-29(48(3)45-28)23-56-31-18-27-8-6-7-9-32(27)37(20-31)54-38(50)17-15-34-33-14-16-35(44)40(39)41(33)47(2)42(34)43(51)53-5/h6-14,16,18-20H,15,17,21-24H2,1-5H3. The van der Waals surface area contributed by atoms with Crippen molar-refractivity contribution in [3.8, 4) is 22.6 Å². The zero-order valence-corrected chi connectivity index (χ0v) is 34.1. The maximum atomic E-state index is 13.7. The molecule has 13 heteroatoms. The van der Waals surface area contributed by atoms with Crippen LogP contribution in [0.2, 0.25) is 5.02 Å². The number of aromatic nitrogens is 5. The van der Waals surface area contributed by atoms with Crippen LogP contribution in [-0.2, 0) is 53.9 Å². The SMILES string of the molecule is COC(=O)c1c2c3ccc(Cl)c(c3n1C)-c1c(nn(Cc3ccc(OC)cc3)c1C)CSCc1cc(n(C)n1)CSc1cc(c3ccccc3c1)OC(=O)CC2. The van der Waals surface area contributed by atoms with Gasteiger partial charge in [0.05, 0.1) is 49.1 Å². The van der Waals surface area contributed by atoms with E-state index in [1.165, 1.54) is 7.11 Å². The highest BCUT2D eigenvalue weighted by atomic mass is 35.5. The minimum absolute atomic E-state index is 0.0330. The van der Waals surface area contributed by atoms with Gasteiger partial charge in [-0.05, 0) is 66.3 Å². The Hall–Kier alpha value is -5.17. The topological polar surface area (TPSA) is 102 Å². The molecule has 0 aliphatic carbocycles. The first-order valence-corrected chi connectivity index (χ1v) is 20.7. The molecule has 286 valence electrons. The maximum absolute atomic E-state index is 13.7. The molecule has 0 amide bonds. The van der Waals surface area contributed by atoms with Crippen molar-refractivity contribution in [3.05, 3.63) is 123 Å². The van der Waals surface area contributed by atoms with Crippen LogP contribution in [0.5, 0.6) is 11.5 Å². The van der Waals surface area contributed by atoms with E-state index in [-0.39, 0.29) is 12.8 Å². The minimum atomic E-state index is -0.503. The van der Waals surface area contributed by atoms with Crippen molar-refractivity contribution in [2.75, 3.05) is 14.2 Å². The molecule has 0 saturated heterocycles. The fourth-order valence-corrected chi connectivity index (χ4v) is 9.62. The van der Waals surface area contributed by atoms with Gasteiger partial charge in [0.1, 0.15) is 17.2 Å². The first-order valence-electron chi connectivity index (χ1n) is 18.2. The fraction of sp³-hybridized carbons (Fsp3) is 0.256. The number of rotatable bonds is 4. The number of thioether (sulfide) groups is 2. The predicted octanol–water partition coefficient (Wildman–Crippen LogP) is 9.31. The summed E-state index contributed by atoms with van der Waals surface area (Å²) in [5, 5.41) is 13.2. The van der Waals surface area contributed by atoms with Crippen molar-refractivity contribution in [2.45, 2.75) is 48.5 Å². The van der Waals surface area contributed by atoms with Crippen molar-refractivity contribution < 1.29 is 23.8 Å². The van der Waals surface area contributed by atoms with Crippen molar-refractivity contribution in [1.29, 1.82) is 0 Å². The summed E-state index contributed by atoms with van der Waals surface area (Å²) in [4.78, 5) is 28.3. The van der Waals surface area contributed by atoms with Gasteiger partial charge < -0.3 is 18.8 Å². The summed E-state index contributed by atoms with van der Waals surface area (Å²) in [7, 11) is 6.83. The van der Waals surface area contributed by atoms with Gasteiger partial charge in [0.25, 0.3) is 0 Å². The van der Waals surface area contributed by atoms with E-state index in [4.69, 9.17) is 36.0 Å². The molecule has 0 saturated carbocycles. The van der Waals surface area contributed by atoms with Crippen LogP contribution in [0.3, 0.4) is 0 Å². The van der Waals surface area contributed by atoms with E-state index in [1.54, 1.807) is 30.6 Å². The van der Waals surface area contributed by atoms with Gasteiger partial charge in [-0.15, -0.1) is 23.5 Å². The molecule has 0 fully saturated rings. The average Bonchev–Trinajstić information content (AvgIpc) is 3.81. The molecule has 4 heterocycles. The van der Waals surface area contributed by atoms with Crippen LogP contribution in [0, 0.1) is 6.92 Å². The van der Waals surface area contributed by atoms with Crippen LogP contribution < -0.4 is 9.47 Å². The molecule has 1 aliphatic heterocycles. The number of fused-ring (bicyclic) bond motifs is 8. The van der Waals surface area contributed by atoms with Crippen molar-refractivity contribution in [1.82, 2.24) is 24.1 Å². The third-order valence-corrected chi connectivity index (χ3v) is 12.6. The number of hydrogen-bond donors (Lipinski definition) is 0. The number of halogens is 1. The van der Waals surface area contributed by atoms with Crippen molar-refractivity contribution in [2.24, 2.45) is 14.1 Å². The Morgan fingerprint density at radius 3 is 2.50 bits per heavy atom. The second-order valence-electron chi connectivity index (χ2n) is 13.8. The van der Waals surface area contributed by atoms with Crippen molar-refractivity contribution >= 4 is 68.7 Å². The van der Waals surface area contributed by atoms with Gasteiger partial charge in [-0.25, -0.2) is 4.79 Å². The molecular weight excluding hydrogens is 766 g/mol. The van der Waals surface area contributed by atoms with E-state index in [9.17, 15) is 9.59 Å². The van der Waals surface area contributed by atoms with E-state index in [1.807, 2.05) is 94.8 Å². The molecule has 0 N–H and O–H groups in total. The Labute approximate surface area is 338 Å². The lowest BCUT2D eigenvalue weighted by Gasteiger charge is -2.12. The van der Waals surface area contributed by atoms with Crippen LogP contribution in [0.15, 0.2) is 83.8 Å². The number of carbonyl (C=O) groups is 2. The Morgan fingerprint density at radius 1 is 0.911 bits per heavy atom. The summed E-state index contributed by atoms with van der Waals surface area (Å²) in [6.45, 7) is 2.59. The molecule has 10 nitrogen and oxygen atoms in total. The number of ether oxygens (including phenoxy) is 3. The first-order chi connectivity index (χ1) is 27.1. The summed E-state index contributed by atoms with van der Waals surface area (Å²) in [5.74, 6) is 2.33. The molecule has 0 unspecified atom stereocenters. The minimum Gasteiger partial charge on any atom is -0.497 e. The number of esters is 2. The van der Waals surface area contributed by atoms with E-state index in [0.717, 1.165) is 71.8 Å². The lowest BCUT2D eigenvalue weighted by molar-refractivity contribution is -0.134. The third-order valence-electron chi connectivity index (χ3n) is 10.3. The number of hydrogen-bond acceptors (Lipinski definition) is 9. The highest BCUT2D eigenvalue weighted by molar-refractivity contribution is 7.98. The quantitative estimate of drug-likeness (QED) is 0.127. The van der Waals surface area contributed by atoms with E-state index >= 15 is 0 Å². The largest absolute Gasteiger partial charge is 0.497 e. The van der Waals surface area contributed by atoms with E-state index in [0.29, 0.717) is 45.8 Å². The number of carbonyl (C=O) groups excluding carboxylic acids is 2. The van der Waals surface area contributed by atoms with Gasteiger partial charge >= 0.3 is 11.9 Å². The number of aryl methyl sites for hydroxylation is 3. The lowest BCUT2D eigenvalue weighted by Crippen LogP contribution is -2.13. The van der Waals surface area contributed by atoms with Crippen LogP contribution in [0.1, 0.15) is 50.8 Å². The zero-order valence-electron chi connectivity index (χ0n) is 31.7. The molecule has 4 aromatic carbocycles. The Bertz CT molecular complexity index is 2650. The van der Waals surface area contributed by atoms with Gasteiger partial charge in [-0.1, -0.05) is 54.1 Å². The van der Waals surface area contributed by atoms with Gasteiger partial charge in [-0.2, -0.15) is 10.2 Å². The molecule has 7 aromatic rings. The molecule has 0 atom stereocenters. The number of methoxy groups -OCH3 is 2. The van der Waals surface area contributed by atoms with Crippen molar-refractivity contribution in [3.63, 3.8) is 0 Å². The fourth-order valence-electron chi connectivity index (χ4n) is 7.54. The number of benzene rings is 4. The predicted molar refractivity (Wildman–Crippen MR) is 223 cm³/mol. The van der Waals surface area contributed by atoms with Crippen LogP contribution in [0.4, 0.5) is 0 Å². The molecule has 1 aliphatic rings. The number of nitrogens with zero attached hydrogens (tertiary/aromatic N) is 5. The second kappa shape index (κ2) is 15.8. The Kier molecular flexibility index (Phi) is 10.6. The summed E-state index contributed by atoms with van der Waals surface area (Å²) in [6, 6.07) is 25.8. The van der Waals surface area contributed by atoms with Gasteiger partial charge in [0.15, 0.2) is 0 Å². The summed E-state index contributed by atoms with van der Waals surface area (Å²) < 4.78 is 22.6. The lowest BCUT2D eigenvalue weighted by atomic mass is 9.98. The van der Waals surface area contributed by atoms with Gasteiger partial charge in [0.2, 0.25) is 0 Å². The Balaban J connectivity index is 1.28. The zero-order chi connectivity index (χ0) is 39.1. The van der Waals surface area contributed by atoms with E-state index in [2.05, 4.69) is 19.1 Å². The van der Waals surface area contributed by atoms with E-state index < -0.39 is 11.9 Å². The molecule has 0 radical (unpaired) electrons. The molecule has 8 rings (SSSR count). The van der Waals surface area contributed by atoms with Crippen LogP contribution in [0.25, 0.3) is 32.8 Å². The summed E-state index contributed by atoms with van der Waals surface area (Å²) >= 11 is 10.6. The monoisotopic (exact) mass is 805 g/mol. The molecule has 8 bridgehead atoms. The van der Waals surface area contributed by atoms with Gasteiger partial charge in [0, 0.05) is 69.5 Å². The summed E-state index contributed by atoms with van der Waals surface area (Å²) in [5.41, 5.74) is 8.40. The third kappa shape index (κ3) is 7.17. The Morgan fingerprint density at radius 2 is 1.71 bits per heavy atom. The maximum Gasteiger partial charge on any atom is 0.354 e. The first kappa shape index (κ1) is 37.7. The molecule has 0 spiro atoms. The molecule has 3 aromatic heterocycles. The average molecular weight is 806 g/mol. The normalized spacial score (nSPS) is 13.7.